The van der Waals surface area contributed by atoms with E-state index >= 15 is 0 Å². The van der Waals surface area contributed by atoms with Crippen molar-refractivity contribution in [3.05, 3.63) is 46.2 Å². The number of nitrogens with two attached hydrogens (primary N) is 1. The summed E-state index contributed by atoms with van der Waals surface area (Å²) in [5.41, 5.74) is 6.88. The molecule has 2 amide bonds. The van der Waals surface area contributed by atoms with Gasteiger partial charge in [0.15, 0.2) is 0 Å². The summed E-state index contributed by atoms with van der Waals surface area (Å²) in [5, 5.41) is 5.68. The lowest BCUT2D eigenvalue weighted by Gasteiger charge is -2.11. The van der Waals surface area contributed by atoms with E-state index in [2.05, 4.69) is 17.6 Å². The maximum atomic E-state index is 12.2. The summed E-state index contributed by atoms with van der Waals surface area (Å²) in [7, 11) is 0. The predicted molar refractivity (Wildman–Crippen MR) is 95.0 cm³/mol. The number of amides is 2. The molecule has 0 bridgehead atoms. The highest BCUT2D eigenvalue weighted by Crippen LogP contribution is 2.21. The Morgan fingerprint density at radius 3 is 2.43 bits per heavy atom. The molecule has 4 N–H and O–H groups in total. The van der Waals surface area contributed by atoms with Crippen LogP contribution in [-0.2, 0) is 0 Å². The number of carbonyl (C=O) groups is 2. The minimum Gasteiger partial charge on any atom is -0.397 e. The Hall–Kier alpha value is -2.34. The molecule has 0 aliphatic heterocycles. The van der Waals surface area contributed by atoms with Gasteiger partial charge in [-0.25, -0.2) is 0 Å². The van der Waals surface area contributed by atoms with Crippen molar-refractivity contribution < 1.29 is 9.59 Å². The molecule has 0 aliphatic carbocycles. The van der Waals surface area contributed by atoms with Crippen LogP contribution in [0.25, 0.3) is 0 Å². The first-order valence-electron chi connectivity index (χ1n) is 7.57. The predicted octanol–water partition coefficient (Wildman–Crippen LogP) is 3.50. The Labute approximate surface area is 139 Å². The molecule has 0 fully saturated rings. The average molecular weight is 331 g/mol. The second kappa shape index (κ2) is 7.78. The number of rotatable bonds is 6. The third kappa shape index (κ3) is 4.56. The number of carbonyl (C=O) groups excluding carboxylic acids is 2. The van der Waals surface area contributed by atoms with Crippen molar-refractivity contribution in [1.82, 2.24) is 5.32 Å². The maximum absolute atomic E-state index is 12.2. The number of hydrogen-bond acceptors (Lipinski definition) is 4. The van der Waals surface area contributed by atoms with Crippen molar-refractivity contribution in [3.63, 3.8) is 0 Å². The largest absolute Gasteiger partial charge is 0.397 e. The lowest BCUT2D eigenvalue weighted by molar-refractivity contribution is 0.0942. The molecule has 1 atom stereocenters. The first kappa shape index (κ1) is 17.0. The van der Waals surface area contributed by atoms with E-state index in [4.69, 9.17) is 5.73 Å². The summed E-state index contributed by atoms with van der Waals surface area (Å²) in [6, 6.07) is 10.5. The minimum atomic E-state index is -0.270. The third-order valence-corrected chi connectivity index (χ3v) is 4.44. The van der Waals surface area contributed by atoms with Gasteiger partial charge < -0.3 is 16.4 Å². The van der Waals surface area contributed by atoms with Crippen molar-refractivity contribution in [2.75, 3.05) is 11.1 Å². The molecule has 0 saturated heterocycles. The summed E-state index contributed by atoms with van der Waals surface area (Å²) in [4.78, 5) is 25.4. The summed E-state index contributed by atoms with van der Waals surface area (Å²) in [5.74, 6) is -0.414. The van der Waals surface area contributed by atoms with E-state index in [9.17, 15) is 9.59 Å². The lowest BCUT2D eigenvalue weighted by Crippen LogP contribution is -2.31. The zero-order valence-corrected chi connectivity index (χ0v) is 14.1. The molecule has 0 spiro atoms. The number of para-hydroxylation sites is 2. The van der Waals surface area contributed by atoms with Gasteiger partial charge in [0, 0.05) is 6.04 Å². The fourth-order valence-electron chi connectivity index (χ4n) is 2.18. The van der Waals surface area contributed by atoms with E-state index in [1.54, 1.807) is 36.4 Å². The number of nitrogens with one attached hydrogen (secondary N) is 2. The normalized spacial score (nSPS) is 11.7. The molecule has 1 aromatic heterocycles. The van der Waals surface area contributed by atoms with Gasteiger partial charge in [-0.3, -0.25) is 9.59 Å². The van der Waals surface area contributed by atoms with Gasteiger partial charge in [0.25, 0.3) is 11.8 Å². The molecule has 0 saturated carbocycles. The van der Waals surface area contributed by atoms with E-state index < -0.39 is 0 Å². The van der Waals surface area contributed by atoms with Crippen LogP contribution in [0.5, 0.6) is 0 Å². The Kier molecular flexibility index (Phi) is 5.76. The van der Waals surface area contributed by atoms with Gasteiger partial charge in [-0.15, -0.1) is 11.3 Å². The van der Waals surface area contributed by atoms with Gasteiger partial charge in [0.05, 0.1) is 21.1 Å². The van der Waals surface area contributed by atoms with Gasteiger partial charge in [0.1, 0.15) is 0 Å². The Morgan fingerprint density at radius 2 is 1.78 bits per heavy atom. The van der Waals surface area contributed by atoms with Crippen LogP contribution in [0.3, 0.4) is 0 Å². The Bertz CT molecular complexity index is 697. The monoisotopic (exact) mass is 331 g/mol. The van der Waals surface area contributed by atoms with E-state index in [1.807, 2.05) is 6.92 Å². The quantitative estimate of drug-likeness (QED) is 0.708. The van der Waals surface area contributed by atoms with Crippen LogP contribution < -0.4 is 16.4 Å². The second-order valence-electron chi connectivity index (χ2n) is 5.37. The van der Waals surface area contributed by atoms with Crippen molar-refractivity contribution in [2.24, 2.45) is 0 Å². The van der Waals surface area contributed by atoms with Crippen LogP contribution in [0.15, 0.2) is 36.4 Å². The van der Waals surface area contributed by atoms with Gasteiger partial charge >= 0.3 is 0 Å². The zero-order chi connectivity index (χ0) is 16.8. The van der Waals surface area contributed by atoms with Crippen LogP contribution in [0.2, 0.25) is 0 Å². The van der Waals surface area contributed by atoms with Gasteiger partial charge in [0.2, 0.25) is 0 Å². The van der Waals surface area contributed by atoms with Gasteiger partial charge in [-0.2, -0.15) is 0 Å². The third-order valence-electron chi connectivity index (χ3n) is 3.36. The summed E-state index contributed by atoms with van der Waals surface area (Å²) < 4.78 is 0. The van der Waals surface area contributed by atoms with E-state index in [-0.39, 0.29) is 17.9 Å². The summed E-state index contributed by atoms with van der Waals surface area (Å²) in [6.07, 6.45) is 1.94. The molecule has 1 heterocycles. The summed E-state index contributed by atoms with van der Waals surface area (Å²) in [6.45, 7) is 4.05. The van der Waals surface area contributed by atoms with Gasteiger partial charge in [-0.05, 0) is 37.6 Å². The Balaban J connectivity index is 2.02. The average Bonchev–Trinajstić information content (AvgIpc) is 3.00. The van der Waals surface area contributed by atoms with Crippen molar-refractivity contribution in [3.8, 4) is 0 Å². The standard InChI is InChI=1S/C17H21N3O2S/c1-3-6-11(2)19-16(21)14-9-10-15(23-14)17(22)20-13-8-5-4-7-12(13)18/h4-5,7-11H,3,6,18H2,1-2H3,(H,19,21)(H,20,22). The van der Waals surface area contributed by atoms with E-state index in [1.165, 1.54) is 11.3 Å². The van der Waals surface area contributed by atoms with Crippen LogP contribution in [-0.4, -0.2) is 17.9 Å². The number of hydrogen-bond donors (Lipinski definition) is 3. The number of benzene rings is 1. The molecule has 2 aromatic rings. The molecule has 1 aromatic carbocycles. The lowest BCUT2D eigenvalue weighted by atomic mass is 10.2. The number of thiophene rings is 1. The van der Waals surface area contributed by atoms with Crippen LogP contribution in [0.4, 0.5) is 11.4 Å². The van der Waals surface area contributed by atoms with Gasteiger partial charge in [-0.1, -0.05) is 25.5 Å². The topological polar surface area (TPSA) is 84.2 Å². The molecular weight excluding hydrogens is 310 g/mol. The summed E-state index contributed by atoms with van der Waals surface area (Å²) >= 11 is 1.17. The number of nitrogen functional groups attached to an aromatic ring is 1. The molecule has 1 unspecified atom stereocenters. The fourth-order valence-corrected chi connectivity index (χ4v) is 2.98. The first-order chi connectivity index (χ1) is 11.0. The van der Waals surface area contributed by atoms with E-state index in [0.29, 0.717) is 21.1 Å². The van der Waals surface area contributed by atoms with Crippen LogP contribution >= 0.6 is 11.3 Å². The van der Waals surface area contributed by atoms with Crippen molar-refractivity contribution in [1.29, 1.82) is 0 Å². The molecule has 122 valence electrons. The molecule has 0 aliphatic rings. The first-order valence-corrected chi connectivity index (χ1v) is 8.39. The highest BCUT2D eigenvalue weighted by Gasteiger charge is 2.15. The smallest absolute Gasteiger partial charge is 0.265 e. The molecular formula is C17H21N3O2S. The SMILES string of the molecule is CCCC(C)NC(=O)c1ccc(C(=O)Nc2ccccc2N)s1. The van der Waals surface area contributed by atoms with Crippen LogP contribution in [0.1, 0.15) is 46.0 Å². The molecule has 2 rings (SSSR count). The molecule has 0 radical (unpaired) electrons. The van der Waals surface area contributed by atoms with Crippen LogP contribution in [0, 0.1) is 0 Å². The molecule has 5 nitrogen and oxygen atoms in total. The second-order valence-corrected chi connectivity index (χ2v) is 6.45. The highest BCUT2D eigenvalue weighted by atomic mass is 32.1. The molecule has 23 heavy (non-hydrogen) atoms. The highest BCUT2D eigenvalue weighted by molar-refractivity contribution is 7.16. The zero-order valence-electron chi connectivity index (χ0n) is 13.3. The maximum Gasteiger partial charge on any atom is 0.265 e. The minimum absolute atomic E-state index is 0.121. The van der Waals surface area contributed by atoms with Crippen molar-refractivity contribution in [2.45, 2.75) is 32.7 Å². The molecule has 6 heteroatoms. The fraction of sp³-hybridized carbons (Fsp3) is 0.294. The number of anilines is 2. The van der Waals surface area contributed by atoms with Crippen molar-refractivity contribution >= 4 is 34.5 Å². The van der Waals surface area contributed by atoms with E-state index in [0.717, 1.165) is 12.8 Å². The Morgan fingerprint density at radius 1 is 1.13 bits per heavy atom.